The molecule has 0 amide bonds. The Bertz CT molecular complexity index is 673. The van der Waals surface area contributed by atoms with Gasteiger partial charge in [-0.25, -0.2) is 0 Å². The lowest BCUT2D eigenvalue weighted by molar-refractivity contribution is 0.487. The molecule has 0 saturated heterocycles. The van der Waals surface area contributed by atoms with Crippen molar-refractivity contribution in [3.8, 4) is 5.75 Å². The highest BCUT2D eigenvalue weighted by Gasteiger charge is 2.18. The van der Waals surface area contributed by atoms with Crippen molar-refractivity contribution in [2.75, 3.05) is 0 Å². The Hall–Kier alpha value is -1.33. The second kappa shape index (κ2) is 4.98. The van der Waals surface area contributed by atoms with E-state index in [1.165, 1.54) is 17.5 Å². The Labute approximate surface area is 117 Å². The smallest absolute Gasteiger partial charge is 0.348 e. The summed E-state index contributed by atoms with van der Waals surface area (Å²) in [5.74, 6) is 0.411. The van der Waals surface area contributed by atoms with Gasteiger partial charge in [0.1, 0.15) is 5.75 Å². The van der Waals surface area contributed by atoms with Crippen LogP contribution in [0.3, 0.4) is 0 Å². The van der Waals surface area contributed by atoms with Gasteiger partial charge in [-0.15, -0.1) is 11.3 Å². The van der Waals surface area contributed by atoms with Gasteiger partial charge in [0.15, 0.2) is 4.21 Å². The Morgan fingerprint density at radius 1 is 1.05 bits per heavy atom. The number of thiophene rings is 1. The molecular formula is C14H14O3S2. The van der Waals surface area contributed by atoms with E-state index in [2.05, 4.69) is 0 Å². The van der Waals surface area contributed by atoms with E-state index in [-0.39, 0.29) is 4.21 Å². The van der Waals surface area contributed by atoms with Gasteiger partial charge in [0.2, 0.25) is 0 Å². The summed E-state index contributed by atoms with van der Waals surface area (Å²) in [4.78, 5) is 0. The van der Waals surface area contributed by atoms with Crippen molar-refractivity contribution in [1.29, 1.82) is 0 Å². The lowest BCUT2D eigenvalue weighted by Crippen LogP contribution is -2.09. The van der Waals surface area contributed by atoms with Crippen LogP contribution in [-0.4, -0.2) is 8.42 Å². The maximum absolute atomic E-state index is 12.0. The number of hydrogen-bond acceptors (Lipinski definition) is 4. The van der Waals surface area contributed by atoms with E-state index in [0.29, 0.717) is 5.75 Å². The molecule has 19 heavy (non-hydrogen) atoms. The monoisotopic (exact) mass is 294 g/mol. The summed E-state index contributed by atoms with van der Waals surface area (Å²) < 4.78 is 29.5. The van der Waals surface area contributed by atoms with E-state index in [1.54, 1.807) is 23.6 Å². The van der Waals surface area contributed by atoms with Gasteiger partial charge in [-0.05, 0) is 60.4 Å². The van der Waals surface area contributed by atoms with E-state index < -0.39 is 10.1 Å². The van der Waals surface area contributed by atoms with Crippen LogP contribution in [0.15, 0.2) is 39.9 Å². The van der Waals surface area contributed by atoms with E-state index in [9.17, 15) is 8.42 Å². The summed E-state index contributed by atoms with van der Waals surface area (Å²) in [5, 5.41) is 1.73. The number of aryl methyl sites for hydroxylation is 2. The molecule has 0 fully saturated rings. The Balaban J connectivity index is 1.88. The van der Waals surface area contributed by atoms with E-state index in [0.717, 1.165) is 30.6 Å². The average molecular weight is 294 g/mol. The van der Waals surface area contributed by atoms with Crippen LogP contribution in [0.4, 0.5) is 0 Å². The summed E-state index contributed by atoms with van der Waals surface area (Å²) in [6.45, 7) is 0. The zero-order chi connectivity index (χ0) is 13.3. The molecule has 1 aliphatic carbocycles. The molecule has 0 saturated carbocycles. The van der Waals surface area contributed by atoms with E-state index in [1.807, 2.05) is 12.1 Å². The molecule has 2 aromatic rings. The van der Waals surface area contributed by atoms with Crippen LogP contribution in [0.5, 0.6) is 5.75 Å². The molecule has 0 aliphatic heterocycles. The summed E-state index contributed by atoms with van der Waals surface area (Å²) in [7, 11) is -3.68. The highest BCUT2D eigenvalue weighted by Crippen LogP contribution is 2.28. The Morgan fingerprint density at radius 2 is 1.84 bits per heavy atom. The lowest BCUT2D eigenvalue weighted by atomic mass is 9.92. The number of rotatable bonds is 3. The normalized spacial score (nSPS) is 14.9. The molecule has 1 aromatic heterocycles. The fourth-order valence-corrected chi connectivity index (χ4v) is 4.21. The lowest BCUT2D eigenvalue weighted by Gasteiger charge is -2.16. The second-order valence-corrected chi connectivity index (χ2v) is 7.33. The van der Waals surface area contributed by atoms with Gasteiger partial charge in [-0.1, -0.05) is 12.1 Å². The Morgan fingerprint density at radius 3 is 2.58 bits per heavy atom. The summed E-state index contributed by atoms with van der Waals surface area (Å²) in [6, 6.07) is 8.84. The van der Waals surface area contributed by atoms with Crippen LogP contribution in [0.2, 0.25) is 0 Å². The van der Waals surface area contributed by atoms with Gasteiger partial charge >= 0.3 is 10.1 Å². The van der Waals surface area contributed by atoms with Crippen LogP contribution in [0.25, 0.3) is 0 Å². The van der Waals surface area contributed by atoms with E-state index >= 15 is 0 Å². The molecule has 5 heteroatoms. The SMILES string of the molecule is O=S(=O)(Oc1ccc2c(c1)CCCC2)c1cccs1. The standard InChI is InChI=1S/C14H14O3S2/c15-19(16,14-6-3-9-18-14)17-13-8-7-11-4-1-2-5-12(11)10-13/h3,6-10H,1-2,4-5H2. The first kappa shape index (κ1) is 12.7. The van der Waals surface area contributed by atoms with Crippen molar-refractivity contribution in [3.63, 3.8) is 0 Å². The first-order valence-corrected chi connectivity index (χ1v) is 8.54. The fraction of sp³-hybridized carbons (Fsp3) is 0.286. The van der Waals surface area contributed by atoms with Crippen molar-refractivity contribution in [2.24, 2.45) is 0 Å². The molecule has 1 aliphatic rings. The molecule has 0 N–H and O–H groups in total. The highest BCUT2D eigenvalue weighted by atomic mass is 32.3. The fourth-order valence-electron chi connectivity index (χ4n) is 2.34. The molecule has 3 rings (SSSR count). The Kier molecular flexibility index (Phi) is 3.33. The molecule has 100 valence electrons. The number of hydrogen-bond donors (Lipinski definition) is 0. The van der Waals surface area contributed by atoms with Crippen molar-refractivity contribution in [3.05, 3.63) is 46.8 Å². The van der Waals surface area contributed by atoms with Crippen molar-refractivity contribution in [2.45, 2.75) is 29.9 Å². The maximum atomic E-state index is 12.0. The van der Waals surface area contributed by atoms with Crippen molar-refractivity contribution in [1.82, 2.24) is 0 Å². The molecule has 3 nitrogen and oxygen atoms in total. The van der Waals surface area contributed by atoms with E-state index in [4.69, 9.17) is 4.18 Å². The van der Waals surface area contributed by atoms with Gasteiger partial charge in [-0.3, -0.25) is 0 Å². The van der Waals surface area contributed by atoms with Crippen LogP contribution in [0.1, 0.15) is 24.0 Å². The minimum Gasteiger partial charge on any atom is -0.378 e. The zero-order valence-corrected chi connectivity index (χ0v) is 12.0. The highest BCUT2D eigenvalue weighted by molar-refractivity contribution is 7.89. The molecule has 0 radical (unpaired) electrons. The number of benzene rings is 1. The molecule has 0 atom stereocenters. The summed E-state index contributed by atoms with van der Waals surface area (Å²) in [5.41, 5.74) is 2.53. The van der Waals surface area contributed by atoms with Crippen molar-refractivity contribution < 1.29 is 12.6 Å². The van der Waals surface area contributed by atoms with Gasteiger partial charge in [0.25, 0.3) is 0 Å². The molecule has 0 unspecified atom stereocenters. The predicted octanol–water partition coefficient (Wildman–Crippen LogP) is 3.39. The van der Waals surface area contributed by atoms with Crippen LogP contribution < -0.4 is 4.18 Å². The molecule has 0 spiro atoms. The third kappa shape index (κ3) is 2.67. The van der Waals surface area contributed by atoms with Crippen molar-refractivity contribution >= 4 is 21.5 Å². The van der Waals surface area contributed by atoms with Crippen LogP contribution in [0, 0.1) is 0 Å². The second-order valence-electron chi connectivity index (χ2n) is 4.61. The topological polar surface area (TPSA) is 43.4 Å². The summed E-state index contributed by atoms with van der Waals surface area (Å²) >= 11 is 1.16. The third-order valence-corrected chi connectivity index (χ3v) is 5.87. The predicted molar refractivity (Wildman–Crippen MR) is 75.2 cm³/mol. The van der Waals surface area contributed by atoms with Gasteiger partial charge in [-0.2, -0.15) is 8.42 Å². The third-order valence-electron chi connectivity index (χ3n) is 3.27. The minimum absolute atomic E-state index is 0.241. The average Bonchev–Trinajstić information content (AvgIpc) is 2.93. The van der Waals surface area contributed by atoms with Crippen LogP contribution in [-0.2, 0) is 23.0 Å². The molecule has 1 aromatic carbocycles. The van der Waals surface area contributed by atoms with Gasteiger partial charge in [0, 0.05) is 0 Å². The molecular weight excluding hydrogens is 280 g/mol. The largest absolute Gasteiger partial charge is 0.378 e. The first-order valence-electron chi connectivity index (χ1n) is 6.25. The zero-order valence-electron chi connectivity index (χ0n) is 10.3. The summed E-state index contributed by atoms with van der Waals surface area (Å²) in [6.07, 6.45) is 4.45. The molecule has 0 bridgehead atoms. The quantitative estimate of drug-likeness (QED) is 0.815. The molecule has 1 heterocycles. The first-order chi connectivity index (χ1) is 9.15. The van der Waals surface area contributed by atoms with Gasteiger partial charge in [0.05, 0.1) is 0 Å². The minimum atomic E-state index is -3.68. The maximum Gasteiger partial charge on any atom is 0.348 e. The number of fused-ring (bicyclic) bond motifs is 1. The van der Waals surface area contributed by atoms with Gasteiger partial charge < -0.3 is 4.18 Å². The van der Waals surface area contributed by atoms with Crippen LogP contribution >= 0.6 is 11.3 Å².